The highest BCUT2D eigenvalue weighted by Crippen LogP contribution is 2.14. The third-order valence-electron chi connectivity index (χ3n) is 5.05. The molecule has 0 radical (unpaired) electrons. The SMILES string of the molecule is COC(=O)C(C(=O)OC)=C(C)/C=C/N(C)C.COC(=O)C(C(=O)OC)=C(C)CC=O.COC(=O)C(C(=O)OC)C(C)=CC=O. The van der Waals surface area contributed by atoms with Crippen molar-refractivity contribution in [3.8, 4) is 0 Å². The summed E-state index contributed by atoms with van der Waals surface area (Å²) >= 11 is 0. The number of hydrogen-bond donors (Lipinski definition) is 0. The van der Waals surface area contributed by atoms with Crippen LogP contribution in [0.3, 0.4) is 0 Å². The first kappa shape index (κ1) is 43.4. The van der Waals surface area contributed by atoms with Gasteiger partial charge in [0.15, 0.2) is 5.92 Å². The molecule has 0 rings (SSSR count). The van der Waals surface area contributed by atoms with Gasteiger partial charge in [-0.1, -0.05) is 0 Å². The molecule has 15 nitrogen and oxygen atoms in total. The van der Waals surface area contributed by atoms with E-state index in [9.17, 15) is 38.4 Å². The molecule has 0 heterocycles. The van der Waals surface area contributed by atoms with E-state index in [2.05, 4.69) is 28.4 Å². The van der Waals surface area contributed by atoms with E-state index < -0.39 is 41.7 Å². The number of carbonyl (C=O) groups excluding carboxylic acids is 8. The average Bonchev–Trinajstić information content (AvgIpc) is 3.00. The van der Waals surface area contributed by atoms with Crippen LogP contribution in [0.5, 0.6) is 0 Å². The topological polar surface area (TPSA) is 195 Å². The zero-order valence-electron chi connectivity index (χ0n) is 26.8. The molecular weight excluding hydrogens is 586 g/mol. The van der Waals surface area contributed by atoms with Crippen molar-refractivity contribution in [1.82, 2.24) is 4.90 Å². The summed E-state index contributed by atoms with van der Waals surface area (Å²) in [6, 6.07) is 0. The number of rotatable bonds is 12. The van der Waals surface area contributed by atoms with E-state index in [0.717, 1.165) is 34.5 Å². The molecule has 0 aromatic heterocycles. The predicted molar refractivity (Wildman–Crippen MR) is 154 cm³/mol. The Morgan fingerprint density at radius 3 is 1.32 bits per heavy atom. The zero-order valence-corrected chi connectivity index (χ0v) is 26.8. The molecule has 44 heavy (non-hydrogen) atoms. The monoisotopic (exact) mass is 627 g/mol. The van der Waals surface area contributed by atoms with E-state index in [1.54, 1.807) is 24.1 Å². The molecule has 0 aliphatic carbocycles. The lowest BCUT2D eigenvalue weighted by Gasteiger charge is -2.11. The minimum Gasteiger partial charge on any atom is -0.468 e. The number of allylic oxidation sites excluding steroid dienone is 4. The van der Waals surface area contributed by atoms with Crippen molar-refractivity contribution in [2.24, 2.45) is 5.92 Å². The maximum atomic E-state index is 11.4. The van der Waals surface area contributed by atoms with Gasteiger partial charge in [0.25, 0.3) is 0 Å². The van der Waals surface area contributed by atoms with Gasteiger partial charge < -0.3 is 38.1 Å². The van der Waals surface area contributed by atoms with Crippen LogP contribution in [0.2, 0.25) is 0 Å². The Hall–Kier alpha value is -5.08. The fraction of sp³-hybridized carbons (Fsp3) is 0.448. The summed E-state index contributed by atoms with van der Waals surface area (Å²) in [5, 5.41) is 0. The first-order chi connectivity index (χ1) is 20.6. The van der Waals surface area contributed by atoms with Gasteiger partial charge in [-0.3, -0.25) is 14.4 Å². The smallest absolute Gasteiger partial charge is 0.345 e. The minimum absolute atomic E-state index is 0.000463. The molecule has 0 amide bonds. The highest BCUT2D eigenvalue weighted by Gasteiger charge is 2.30. The van der Waals surface area contributed by atoms with Crippen molar-refractivity contribution in [1.29, 1.82) is 0 Å². The number of hydrogen-bond acceptors (Lipinski definition) is 15. The van der Waals surface area contributed by atoms with Crippen molar-refractivity contribution in [3.05, 3.63) is 46.2 Å². The summed E-state index contributed by atoms with van der Waals surface area (Å²) in [5.41, 5.74) is 0.801. The van der Waals surface area contributed by atoms with Crippen molar-refractivity contribution in [2.45, 2.75) is 27.2 Å². The molecular formula is C29H41NO14. The fourth-order valence-corrected chi connectivity index (χ4v) is 2.72. The summed E-state index contributed by atoms with van der Waals surface area (Å²) in [6.45, 7) is 4.62. The van der Waals surface area contributed by atoms with Gasteiger partial charge in [0.1, 0.15) is 23.7 Å². The number of ether oxygens (including phenoxy) is 6. The summed E-state index contributed by atoms with van der Waals surface area (Å²) in [6.07, 6.45) is 5.58. The zero-order chi connectivity index (χ0) is 35.0. The molecule has 0 aliphatic heterocycles. The van der Waals surface area contributed by atoms with Crippen LogP contribution in [-0.2, 0) is 66.8 Å². The van der Waals surface area contributed by atoms with Gasteiger partial charge in [0.05, 0.1) is 42.7 Å². The number of esters is 6. The van der Waals surface area contributed by atoms with Gasteiger partial charge in [0.2, 0.25) is 0 Å². The van der Waals surface area contributed by atoms with Crippen LogP contribution in [0.4, 0.5) is 0 Å². The summed E-state index contributed by atoms with van der Waals surface area (Å²) in [7, 11) is 10.7. The standard InChI is InChI=1S/C11H17NO4.2C9H12O5/c1-8(6-7-12(2)3)9(10(13)15-4)11(14)16-5;2*1-6(4-5-10)7(8(11)13-2)9(12)14-3/h6-7H,1-5H3;5H,4H2,1-3H3;4-5,7H,1-3H3/b7-6+;;. The molecule has 0 fully saturated rings. The molecule has 0 aromatic rings. The van der Waals surface area contributed by atoms with E-state index in [4.69, 9.17) is 0 Å². The molecule has 0 saturated heterocycles. The molecule has 0 aliphatic rings. The Balaban J connectivity index is -0.000000575. The molecule has 0 unspecified atom stereocenters. The quantitative estimate of drug-likeness (QED) is 0.0566. The second kappa shape index (κ2) is 24.5. The molecule has 0 spiro atoms. The van der Waals surface area contributed by atoms with Crippen LogP contribution >= 0.6 is 0 Å². The second-order valence-electron chi connectivity index (χ2n) is 8.36. The third-order valence-corrected chi connectivity index (χ3v) is 5.05. The van der Waals surface area contributed by atoms with Crippen LogP contribution in [0, 0.1) is 5.92 Å². The van der Waals surface area contributed by atoms with E-state index in [-0.39, 0.29) is 17.6 Å². The predicted octanol–water partition coefficient (Wildman–Crippen LogP) is 1.06. The molecule has 246 valence electrons. The van der Waals surface area contributed by atoms with Gasteiger partial charge >= 0.3 is 35.8 Å². The van der Waals surface area contributed by atoms with E-state index in [1.807, 2.05) is 14.1 Å². The van der Waals surface area contributed by atoms with Crippen molar-refractivity contribution in [3.63, 3.8) is 0 Å². The van der Waals surface area contributed by atoms with Crippen LogP contribution in [0.15, 0.2) is 46.2 Å². The lowest BCUT2D eigenvalue weighted by molar-refractivity contribution is -0.157. The lowest BCUT2D eigenvalue weighted by atomic mass is 10.0. The highest BCUT2D eigenvalue weighted by atomic mass is 16.6. The van der Waals surface area contributed by atoms with Crippen LogP contribution in [0.1, 0.15) is 27.2 Å². The largest absolute Gasteiger partial charge is 0.468 e. The van der Waals surface area contributed by atoms with Crippen LogP contribution in [-0.4, -0.2) is 110 Å². The first-order valence-electron chi connectivity index (χ1n) is 12.4. The van der Waals surface area contributed by atoms with Crippen molar-refractivity contribution in [2.75, 3.05) is 56.8 Å². The number of methoxy groups -OCH3 is 6. The Kier molecular flexibility index (Phi) is 24.2. The van der Waals surface area contributed by atoms with Gasteiger partial charge in [-0.15, -0.1) is 0 Å². The van der Waals surface area contributed by atoms with E-state index in [0.29, 0.717) is 29.3 Å². The van der Waals surface area contributed by atoms with Crippen LogP contribution in [0.25, 0.3) is 0 Å². The second-order valence-corrected chi connectivity index (χ2v) is 8.36. The van der Waals surface area contributed by atoms with Crippen LogP contribution < -0.4 is 0 Å². The molecule has 0 N–H and O–H groups in total. The maximum absolute atomic E-state index is 11.4. The number of nitrogens with zero attached hydrogens (tertiary/aromatic N) is 1. The number of carbonyl (C=O) groups is 8. The Morgan fingerprint density at radius 2 is 1.02 bits per heavy atom. The van der Waals surface area contributed by atoms with Gasteiger partial charge in [-0.2, -0.15) is 0 Å². The fourth-order valence-electron chi connectivity index (χ4n) is 2.72. The van der Waals surface area contributed by atoms with Crippen molar-refractivity contribution >= 4 is 48.4 Å². The molecule has 0 atom stereocenters. The maximum Gasteiger partial charge on any atom is 0.345 e. The van der Waals surface area contributed by atoms with Gasteiger partial charge in [-0.25, -0.2) is 19.2 Å². The van der Waals surface area contributed by atoms with E-state index >= 15 is 0 Å². The first-order valence-corrected chi connectivity index (χ1v) is 12.4. The van der Waals surface area contributed by atoms with Gasteiger partial charge in [-0.05, 0) is 55.8 Å². The molecule has 15 heteroatoms. The molecule has 0 saturated carbocycles. The normalized spacial score (nSPS) is 9.86. The summed E-state index contributed by atoms with van der Waals surface area (Å²) < 4.78 is 26.6. The molecule has 0 aromatic carbocycles. The average molecular weight is 628 g/mol. The molecule has 0 bridgehead atoms. The van der Waals surface area contributed by atoms with Gasteiger partial charge in [0, 0.05) is 20.5 Å². The Bertz CT molecular complexity index is 1110. The summed E-state index contributed by atoms with van der Waals surface area (Å²) in [4.78, 5) is 89.5. The summed E-state index contributed by atoms with van der Waals surface area (Å²) in [5.74, 6) is -5.64. The third kappa shape index (κ3) is 16.4. The minimum atomic E-state index is -1.16. The highest BCUT2D eigenvalue weighted by molar-refractivity contribution is 6.15. The Labute approximate surface area is 256 Å². The Morgan fingerprint density at radius 1 is 0.636 bits per heavy atom. The van der Waals surface area contributed by atoms with E-state index in [1.165, 1.54) is 28.1 Å². The lowest BCUT2D eigenvalue weighted by Crippen LogP contribution is -2.27. The van der Waals surface area contributed by atoms with Crippen molar-refractivity contribution < 1.29 is 66.8 Å². The number of aldehydes is 2.